The van der Waals surface area contributed by atoms with E-state index in [1.165, 1.54) is 27.9 Å². The van der Waals surface area contributed by atoms with Gasteiger partial charge in [0.2, 0.25) is 0 Å². The molecule has 0 amide bonds. The van der Waals surface area contributed by atoms with Crippen LogP contribution in [0.2, 0.25) is 0 Å². The molecule has 0 spiro atoms. The highest BCUT2D eigenvalue weighted by molar-refractivity contribution is 5.69. The van der Waals surface area contributed by atoms with Crippen LogP contribution in [-0.4, -0.2) is 28.4 Å². The van der Waals surface area contributed by atoms with Crippen molar-refractivity contribution in [2.24, 2.45) is 0 Å². The lowest BCUT2D eigenvalue weighted by Gasteiger charge is -2.12. The quantitative estimate of drug-likeness (QED) is 0.728. The monoisotopic (exact) mass is 293 g/mol. The lowest BCUT2D eigenvalue weighted by atomic mass is 10.0. The standard InChI is InChI=1S/C19H23N3/c1-13-8-9-16(11-15(13)3)18-17(12-21(4)5)22-10-6-7-14(2)19(22)20-18/h6-11H,12H2,1-5H3. The molecule has 0 unspecified atom stereocenters. The van der Waals surface area contributed by atoms with E-state index in [0.29, 0.717) is 0 Å². The zero-order valence-electron chi connectivity index (χ0n) is 14.0. The summed E-state index contributed by atoms with van der Waals surface area (Å²) in [7, 11) is 4.19. The van der Waals surface area contributed by atoms with Gasteiger partial charge in [0, 0.05) is 18.3 Å². The summed E-state index contributed by atoms with van der Waals surface area (Å²) < 4.78 is 2.22. The van der Waals surface area contributed by atoms with Gasteiger partial charge in [0.25, 0.3) is 0 Å². The third-order valence-corrected chi connectivity index (χ3v) is 4.19. The Bertz CT molecular complexity index is 828. The molecule has 3 rings (SSSR count). The van der Waals surface area contributed by atoms with Gasteiger partial charge in [-0.05, 0) is 63.7 Å². The minimum absolute atomic E-state index is 0.868. The second-order valence-electron chi connectivity index (χ2n) is 6.33. The smallest absolute Gasteiger partial charge is 0.140 e. The third kappa shape index (κ3) is 2.53. The molecule has 114 valence electrons. The highest BCUT2D eigenvalue weighted by Gasteiger charge is 2.16. The number of aryl methyl sites for hydroxylation is 3. The van der Waals surface area contributed by atoms with Crippen LogP contribution in [0, 0.1) is 20.8 Å². The Morgan fingerprint density at radius 3 is 2.45 bits per heavy atom. The second-order valence-corrected chi connectivity index (χ2v) is 6.33. The van der Waals surface area contributed by atoms with Crippen LogP contribution >= 0.6 is 0 Å². The molecule has 0 saturated heterocycles. The first-order chi connectivity index (χ1) is 10.5. The molecule has 0 aliphatic rings. The van der Waals surface area contributed by atoms with Crippen molar-refractivity contribution in [3.8, 4) is 11.3 Å². The average Bonchev–Trinajstić information content (AvgIpc) is 2.82. The molecule has 2 heterocycles. The van der Waals surface area contributed by atoms with Crippen molar-refractivity contribution in [3.63, 3.8) is 0 Å². The van der Waals surface area contributed by atoms with Crippen LogP contribution in [0.1, 0.15) is 22.4 Å². The maximum absolute atomic E-state index is 4.94. The average molecular weight is 293 g/mol. The summed E-state index contributed by atoms with van der Waals surface area (Å²) in [5.74, 6) is 0. The molecule has 0 bridgehead atoms. The Morgan fingerprint density at radius 2 is 1.77 bits per heavy atom. The van der Waals surface area contributed by atoms with E-state index in [1.54, 1.807) is 0 Å². The second kappa shape index (κ2) is 5.58. The van der Waals surface area contributed by atoms with Gasteiger partial charge >= 0.3 is 0 Å². The van der Waals surface area contributed by atoms with E-state index in [1.807, 2.05) is 0 Å². The number of benzene rings is 1. The van der Waals surface area contributed by atoms with Crippen molar-refractivity contribution in [1.29, 1.82) is 0 Å². The van der Waals surface area contributed by atoms with E-state index >= 15 is 0 Å². The summed E-state index contributed by atoms with van der Waals surface area (Å²) in [6, 6.07) is 10.8. The number of hydrogen-bond donors (Lipinski definition) is 0. The van der Waals surface area contributed by atoms with Gasteiger partial charge in [-0.15, -0.1) is 0 Å². The first kappa shape index (κ1) is 14.8. The number of imidazole rings is 1. The maximum atomic E-state index is 4.94. The van der Waals surface area contributed by atoms with E-state index in [9.17, 15) is 0 Å². The summed E-state index contributed by atoms with van der Waals surface area (Å²) in [5, 5.41) is 0. The SMILES string of the molecule is Cc1ccc(-c2nc3c(C)cccn3c2CN(C)C)cc1C. The predicted octanol–water partition coefficient (Wildman–Crippen LogP) is 3.99. The van der Waals surface area contributed by atoms with Crippen molar-refractivity contribution in [2.45, 2.75) is 27.3 Å². The van der Waals surface area contributed by atoms with Gasteiger partial charge in [-0.3, -0.25) is 0 Å². The van der Waals surface area contributed by atoms with Gasteiger partial charge in [0.05, 0.1) is 11.4 Å². The van der Waals surface area contributed by atoms with Crippen molar-refractivity contribution in [1.82, 2.24) is 14.3 Å². The van der Waals surface area contributed by atoms with E-state index in [0.717, 1.165) is 17.9 Å². The molecule has 2 aromatic heterocycles. The molecule has 0 N–H and O–H groups in total. The summed E-state index contributed by atoms with van der Waals surface area (Å²) in [6.07, 6.45) is 2.11. The highest BCUT2D eigenvalue weighted by Crippen LogP contribution is 2.28. The Balaban J connectivity index is 2.27. The van der Waals surface area contributed by atoms with Gasteiger partial charge < -0.3 is 9.30 Å². The maximum Gasteiger partial charge on any atom is 0.140 e. The minimum Gasteiger partial charge on any atom is -0.304 e. The van der Waals surface area contributed by atoms with Crippen molar-refractivity contribution in [2.75, 3.05) is 14.1 Å². The largest absolute Gasteiger partial charge is 0.304 e. The Labute approximate surface area is 132 Å². The molecule has 1 aromatic carbocycles. The normalized spacial score (nSPS) is 11.5. The zero-order chi connectivity index (χ0) is 15.9. The lowest BCUT2D eigenvalue weighted by molar-refractivity contribution is 0.396. The highest BCUT2D eigenvalue weighted by atomic mass is 15.1. The fourth-order valence-electron chi connectivity index (χ4n) is 2.82. The van der Waals surface area contributed by atoms with E-state index in [-0.39, 0.29) is 0 Å². The molecule has 22 heavy (non-hydrogen) atoms. The van der Waals surface area contributed by atoms with Gasteiger partial charge in [-0.1, -0.05) is 18.2 Å². The fourth-order valence-corrected chi connectivity index (χ4v) is 2.82. The number of hydrogen-bond acceptors (Lipinski definition) is 2. The zero-order valence-corrected chi connectivity index (χ0v) is 14.0. The van der Waals surface area contributed by atoms with Gasteiger partial charge in [-0.25, -0.2) is 4.98 Å². The molecule has 0 saturated carbocycles. The van der Waals surface area contributed by atoms with Crippen LogP contribution in [0.25, 0.3) is 16.9 Å². The van der Waals surface area contributed by atoms with Crippen LogP contribution in [0.5, 0.6) is 0 Å². The minimum atomic E-state index is 0.868. The Hall–Kier alpha value is -2.13. The molecule has 0 atom stereocenters. The molecule has 3 nitrogen and oxygen atoms in total. The van der Waals surface area contributed by atoms with Gasteiger partial charge in [-0.2, -0.15) is 0 Å². The van der Waals surface area contributed by atoms with Crippen molar-refractivity contribution in [3.05, 3.63) is 58.9 Å². The topological polar surface area (TPSA) is 20.5 Å². The van der Waals surface area contributed by atoms with Crippen molar-refractivity contribution >= 4 is 5.65 Å². The van der Waals surface area contributed by atoms with Crippen LogP contribution in [0.15, 0.2) is 36.5 Å². The number of nitrogens with zero attached hydrogens (tertiary/aromatic N) is 3. The van der Waals surface area contributed by atoms with E-state index in [4.69, 9.17) is 4.98 Å². The molecule has 0 aliphatic carbocycles. The Morgan fingerprint density at radius 1 is 1.00 bits per heavy atom. The van der Waals surface area contributed by atoms with E-state index < -0.39 is 0 Å². The van der Waals surface area contributed by atoms with Crippen molar-refractivity contribution < 1.29 is 0 Å². The van der Waals surface area contributed by atoms with Crippen LogP contribution in [-0.2, 0) is 6.54 Å². The molecule has 3 aromatic rings. The number of fused-ring (bicyclic) bond motifs is 1. The lowest BCUT2D eigenvalue weighted by Crippen LogP contribution is -2.13. The van der Waals surface area contributed by atoms with E-state index in [2.05, 4.69) is 80.7 Å². The number of pyridine rings is 1. The van der Waals surface area contributed by atoms with Gasteiger partial charge in [0.1, 0.15) is 5.65 Å². The van der Waals surface area contributed by atoms with Crippen LogP contribution in [0.4, 0.5) is 0 Å². The molecular formula is C19H23N3. The summed E-state index contributed by atoms with van der Waals surface area (Å²) in [4.78, 5) is 7.13. The van der Waals surface area contributed by atoms with Crippen LogP contribution < -0.4 is 0 Å². The molecule has 0 fully saturated rings. The van der Waals surface area contributed by atoms with Crippen LogP contribution in [0.3, 0.4) is 0 Å². The first-order valence-electron chi connectivity index (χ1n) is 7.66. The number of aromatic nitrogens is 2. The Kier molecular flexibility index (Phi) is 3.75. The molecule has 0 radical (unpaired) electrons. The van der Waals surface area contributed by atoms with Gasteiger partial charge in [0.15, 0.2) is 0 Å². The first-order valence-corrected chi connectivity index (χ1v) is 7.66. The summed E-state index contributed by atoms with van der Waals surface area (Å²) in [5.41, 5.74) is 8.41. The molecule has 0 aliphatic heterocycles. The summed E-state index contributed by atoms with van der Waals surface area (Å²) >= 11 is 0. The number of rotatable bonds is 3. The fraction of sp³-hybridized carbons (Fsp3) is 0.316. The predicted molar refractivity (Wildman–Crippen MR) is 92.2 cm³/mol. The third-order valence-electron chi connectivity index (χ3n) is 4.19. The molecular weight excluding hydrogens is 270 g/mol. The molecule has 3 heteroatoms. The summed E-state index contributed by atoms with van der Waals surface area (Å²) in [6.45, 7) is 7.29.